The summed E-state index contributed by atoms with van der Waals surface area (Å²) in [5, 5.41) is 2.89. The van der Waals surface area contributed by atoms with Gasteiger partial charge < -0.3 is 10.5 Å². The van der Waals surface area contributed by atoms with Crippen LogP contribution in [0.2, 0.25) is 0 Å². The Kier molecular flexibility index (Phi) is 4.71. The summed E-state index contributed by atoms with van der Waals surface area (Å²) in [6, 6.07) is 0.0156. The monoisotopic (exact) mass is 228 g/mol. The molecule has 1 aromatic rings. The molecule has 0 amide bonds. The zero-order valence-electron chi connectivity index (χ0n) is 9.03. The van der Waals surface area contributed by atoms with Gasteiger partial charge in [-0.05, 0) is 6.42 Å². The van der Waals surface area contributed by atoms with E-state index in [4.69, 9.17) is 5.73 Å². The van der Waals surface area contributed by atoms with Gasteiger partial charge in [-0.2, -0.15) is 0 Å². The molecular formula is C10H16N2O2S. The summed E-state index contributed by atoms with van der Waals surface area (Å²) >= 11 is 1.55. The zero-order chi connectivity index (χ0) is 11.3. The Balaban J connectivity index is 2.49. The lowest BCUT2D eigenvalue weighted by Gasteiger charge is -2.02. The van der Waals surface area contributed by atoms with Crippen LogP contribution in [-0.2, 0) is 16.0 Å². The second-order valence-corrected chi connectivity index (χ2v) is 4.16. The van der Waals surface area contributed by atoms with Crippen molar-refractivity contribution < 1.29 is 9.53 Å². The second-order valence-electron chi connectivity index (χ2n) is 3.27. The van der Waals surface area contributed by atoms with Crippen LogP contribution >= 0.6 is 11.3 Å². The molecule has 0 spiro atoms. The molecule has 0 fully saturated rings. The third kappa shape index (κ3) is 3.60. The zero-order valence-corrected chi connectivity index (χ0v) is 9.84. The number of thiazole rings is 1. The number of esters is 1. The standard InChI is InChI=1S/C10H16N2O2S/c1-3-8(11)10-12-7(6-15-10)4-5-9(13)14-2/h6,8H,3-5,11H2,1-2H3. The molecule has 1 aromatic heterocycles. The average Bonchev–Trinajstić information content (AvgIpc) is 2.73. The van der Waals surface area contributed by atoms with E-state index in [9.17, 15) is 4.79 Å². The summed E-state index contributed by atoms with van der Waals surface area (Å²) in [5.41, 5.74) is 6.77. The van der Waals surface area contributed by atoms with E-state index in [1.165, 1.54) is 7.11 Å². The third-order valence-corrected chi connectivity index (χ3v) is 3.16. The van der Waals surface area contributed by atoms with Gasteiger partial charge in [0.1, 0.15) is 5.01 Å². The Hall–Kier alpha value is -0.940. The van der Waals surface area contributed by atoms with E-state index in [1.807, 2.05) is 12.3 Å². The Morgan fingerprint density at radius 2 is 2.47 bits per heavy atom. The second kappa shape index (κ2) is 5.82. The van der Waals surface area contributed by atoms with Crippen LogP contribution < -0.4 is 5.73 Å². The van der Waals surface area contributed by atoms with E-state index in [-0.39, 0.29) is 12.0 Å². The highest BCUT2D eigenvalue weighted by Gasteiger charge is 2.09. The number of carbonyl (C=O) groups is 1. The molecule has 0 aliphatic rings. The third-order valence-electron chi connectivity index (χ3n) is 2.14. The normalized spacial score (nSPS) is 12.5. The van der Waals surface area contributed by atoms with Crippen molar-refractivity contribution in [3.63, 3.8) is 0 Å². The van der Waals surface area contributed by atoms with E-state index < -0.39 is 0 Å². The maximum atomic E-state index is 10.9. The number of hydrogen-bond acceptors (Lipinski definition) is 5. The molecule has 15 heavy (non-hydrogen) atoms. The van der Waals surface area contributed by atoms with Gasteiger partial charge in [0.25, 0.3) is 0 Å². The van der Waals surface area contributed by atoms with Crippen molar-refractivity contribution in [3.8, 4) is 0 Å². The summed E-state index contributed by atoms with van der Waals surface area (Å²) in [6.07, 6.45) is 1.88. The molecule has 0 radical (unpaired) electrons. The Bertz CT molecular complexity index is 325. The summed E-state index contributed by atoms with van der Waals surface area (Å²) in [7, 11) is 1.39. The number of ether oxygens (including phenoxy) is 1. The Morgan fingerprint density at radius 1 is 1.73 bits per heavy atom. The lowest BCUT2D eigenvalue weighted by molar-refractivity contribution is -0.140. The number of aromatic nitrogens is 1. The van der Waals surface area contributed by atoms with Crippen LogP contribution in [0.3, 0.4) is 0 Å². The lowest BCUT2D eigenvalue weighted by Crippen LogP contribution is -2.08. The topological polar surface area (TPSA) is 65.2 Å². The fourth-order valence-corrected chi connectivity index (χ4v) is 2.05. The number of methoxy groups -OCH3 is 1. The minimum absolute atomic E-state index is 0.0156. The van der Waals surface area contributed by atoms with Crippen molar-refractivity contribution in [2.24, 2.45) is 5.73 Å². The highest BCUT2D eigenvalue weighted by Crippen LogP contribution is 2.19. The number of rotatable bonds is 5. The quantitative estimate of drug-likeness (QED) is 0.778. The smallest absolute Gasteiger partial charge is 0.305 e. The van der Waals surface area contributed by atoms with Crippen LogP contribution in [-0.4, -0.2) is 18.1 Å². The van der Waals surface area contributed by atoms with Crippen LogP contribution in [0, 0.1) is 0 Å². The molecule has 5 heteroatoms. The van der Waals surface area contributed by atoms with Crippen molar-refractivity contribution >= 4 is 17.3 Å². The van der Waals surface area contributed by atoms with Crippen LogP contribution in [0.25, 0.3) is 0 Å². The van der Waals surface area contributed by atoms with Crippen LogP contribution in [0.5, 0.6) is 0 Å². The minimum Gasteiger partial charge on any atom is -0.469 e. The molecule has 2 N–H and O–H groups in total. The number of carbonyl (C=O) groups excluding carboxylic acids is 1. The van der Waals surface area contributed by atoms with Gasteiger partial charge in [0, 0.05) is 11.8 Å². The van der Waals surface area contributed by atoms with Gasteiger partial charge in [-0.25, -0.2) is 4.98 Å². The molecule has 0 aliphatic heterocycles. The van der Waals surface area contributed by atoms with Gasteiger partial charge in [-0.3, -0.25) is 4.79 Å². The molecule has 1 atom stereocenters. The van der Waals surface area contributed by atoms with E-state index in [1.54, 1.807) is 11.3 Å². The molecule has 0 aliphatic carbocycles. The van der Waals surface area contributed by atoms with E-state index in [2.05, 4.69) is 9.72 Å². The Labute approximate surface area is 93.5 Å². The van der Waals surface area contributed by atoms with Crippen LogP contribution in [0.15, 0.2) is 5.38 Å². The first-order chi connectivity index (χ1) is 7.17. The molecule has 1 unspecified atom stereocenters. The number of aryl methyl sites for hydroxylation is 1. The van der Waals surface area contributed by atoms with Crippen molar-refractivity contribution in [2.45, 2.75) is 32.2 Å². The largest absolute Gasteiger partial charge is 0.469 e. The van der Waals surface area contributed by atoms with Crippen molar-refractivity contribution in [1.29, 1.82) is 0 Å². The molecule has 84 valence electrons. The molecule has 0 bridgehead atoms. The van der Waals surface area contributed by atoms with Gasteiger partial charge in [0.05, 0.1) is 25.3 Å². The maximum absolute atomic E-state index is 10.9. The molecule has 1 rings (SSSR count). The van der Waals surface area contributed by atoms with Crippen molar-refractivity contribution in [1.82, 2.24) is 4.98 Å². The predicted octanol–water partition coefficient (Wildman–Crippen LogP) is 1.66. The summed E-state index contributed by atoms with van der Waals surface area (Å²) < 4.78 is 4.56. The SMILES string of the molecule is CCC(N)c1nc(CCC(=O)OC)cs1. The molecule has 0 saturated heterocycles. The van der Waals surface area contributed by atoms with Crippen LogP contribution in [0.4, 0.5) is 0 Å². The first-order valence-electron chi connectivity index (χ1n) is 4.94. The fraction of sp³-hybridized carbons (Fsp3) is 0.600. The average molecular weight is 228 g/mol. The molecule has 1 heterocycles. The number of nitrogens with two attached hydrogens (primary N) is 1. The first-order valence-corrected chi connectivity index (χ1v) is 5.82. The molecular weight excluding hydrogens is 212 g/mol. The van der Waals surface area contributed by atoms with Crippen molar-refractivity contribution in [2.75, 3.05) is 7.11 Å². The van der Waals surface area contributed by atoms with Gasteiger partial charge in [0.15, 0.2) is 0 Å². The van der Waals surface area contributed by atoms with Crippen molar-refractivity contribution in [3.05, 3.63) is 16.1 Å². The highest BCUT2D eigenvalue weighted by atomic mass is 32.1. The number of nitrogens with zero attached hydrogens (tertiary/aromatic N) is 1. The minimum atomic E-state index is -0.204. The van der Waals surface area contributed by atoms with E-state index in [0.717, 1.165) is 17.1 Å². The van der Waals surface area contributed by atoms with Gasteiger partial charge in [-0.1, -0.05) is 6.92 Å². The van der Waals surface area contributed by atoms with Gasteiger partial charge >= 0.3 is 5.97 Å². The molecule has 0 saturated carbocycles. The van der Waals surface area contributed by atoms with Gasteiger partial charge in [-0.15, -0.1) is 11.3 Å². The fourth-order valence-electron chi connectivity index (χ4n) is 1.11. The summed E-state index contributed by atoms with van der Waals surface area (Å²) in [5.74, 6) is -0.204. The highest BCUT2D eigenvalue weighted by molar-refractivity contribution is 7.09. The summed E-state index contributed by atoms with van der Waals surface area (Å²) in [4.78, 5) is 15.3. The van der Waals surface area contributed by atoms with Gasteiger partial charge in [0.2, 0.25) is 0 Å². The maximum Gasteiger partial charge on any atom is 0.305 e. The van der Waals surface area contributed by atoms with Crippen LogP contribution in [0.1, 0.15) is 36.5 Å². The number of hydrogen-bond donors (Lipinski definition) is 1. The van der Waals surface area contributed by atoms with E-state index in [0.29, 0.717) is 12.8 Å². The molecule has 4 nitrogen and oxygen atoms in total. The summed E-state index contributed by atoms with van der Waals surface area (Å²) in [6.45, 7) is 2.03. The molecule has 0 aromatic carbocycles. The predicted molar refractivity (Wildman–Crippen MR) is 59.7 cm³/mol. The van der Waals surface area contributed by atoms with E-state index >= 15 is 0 Å². The lowest BCUT2D eigenvalue weighted by atomic mass is 10.2. The Morgan fingerprint density at radius 3 is 3.07 bits per heavy atom. The first kappa shape index (κ1) is 12.1.